The van der Waals surface area contributed by atoms with Gasteiger partial charge < -0.3 is 24.6 Å². The molecule has 0 heterocycles. The molecule has 1 aromatic rings. The molecule has 1 aliphatic rings. The Morgan fingerprint density at radius 1 is 1.20 bits per heavy atom. The van der Waals surface area contributed by atoms with Crippen molar-refractivity contribution in [3.05, 3.63) is 40.3 Å². The maximum atomic E-state index is 11.7. The fraction of sp³-hybridized carbons (Fsp3) is 0.667. The second-order valence-corrected chi connectivity index (χ2v) is 8.54. The smallest absolute Gasteiger partial charge is 0.332 e. The Bertz CT molecular complexity index is 733. The van der Waals surface area contributed by atoms with Crippen molar-refractivity contribution in [2.45, 2.75) is 51.4 Å². The van der Waals surface area contributed by atoms with E-state index in [1.807, 2.05) is 36.1 Å². The summed E-state index contributed by atoms with van der Waals surface area (Å²) in [7, 11) is 0. The molecule has 1 aromatic carbocycles. The minimum Gasteiger partial charge on any atom is -0.458 e. The average molecular weight is 421 g/mol. The van der Waals surface area contributed by atoms with Crippen molar-refractivity contribution in [3.8, 4) is 0 Å². The Morgan fingerprint density at radius 3 is 2.40 bits per heavy atom. The van der Waals surface area contributed by atoms with Crippen molar-refractivity contribution in [3.63, 3.8) is 0 Å². The van der Waals surface area contributed by atoms with E-state index in [0.717, 1.165) is 11.3 Å². The summed E-state index contributed by atoms with van der Waals surface area (Å²) >= 11 is 0. The number of hydrogen-bond donors (Lipinski definition) is 2. The van der Waals surface area contributed by atoms with Crippen molar-refractivity contribution >= 4 is 11.7 Å². The van der Waals surface area contributed by atoms with Crippen LogP contribution in [0, 0.1) is 5.92 Å². The maximum absolute atomic E-state index is 11.7. The Labute approximate surface area is 177 Å². The highest BCUT2D eigenvalue weighted by atomic mass is 16.6. The SMILES string of the molecule is CC1C(O)C(c2ccc(N(CCN=[N+]=[N-])CCOCC(=O)OC(C)(C)C)cc2)C1O. The summed E-state index contributed by atoms with van der Waals surface area (Å²) in [4.78, 5) is 16.5. The maximum Gasteiger partial charge on any atom is 0.332 e. The number of azide groups is 1. The van der Waals surface area contributed by atoms with Gasteiger partial charge in [0.15, 0.2) is 0 Å². The summed E-state index contributed by atoms with van der Waals surface area (Å²) in [6.45, 7) is 8.68. The molecule has 1 saturated carbocycles. The van der Waals surface area contributed by atoms with Crippen molar-refractivity contribution < 1.29 is 24.5 Å². The molecule has 0 spiro atoms. The van der Waals surface area contributed by atoms with E-state index in [1.165, 1.54) is 0 Å². The quantitative estimate of drug-likeness (QED) is 0.197. The van der Waals surface area contributed by atoms with Gasteiger partial charge in [0.2, 0.25) is 0 Å². The van der Waals surface area contributed by atoms with Crippen LogP contribution in [-0.4, -0.2) is 66.8 Å². The van der Waals surface area contributed by atoms with Crippen LogP contribution in [-0.2, 0) is 14.3 Å². The van der Waals surface area contributed by atoms with Crippen LogP contribution in [0.2, 0.25) is 0 Å². The fourth-order valence-corrected chi connectivity index (χ4v) is 3.50. The van der Waals surface area contributed by atoms with Crippen molar-refractivity contribution in [1.82, 2.24) is 0 Å². The molecule has 0 radical (unpaired) electrons. The van der Waals surface area contributed by atoms with Crippen LogP contribution in [0.4, 0.5) is 5.69 Å². The molecule has 0 amide bonds. The summed E-state index contributed by atoms with van der Waals surface area (Å²) < 4.78 is 10.7. The second kappa shape index (κ2) is 10.6. The van der Waals surface area contributed by atoms with Gasteiger partial charge in [-0.2, -0.15) is 0 Å². The van der Waals surface area contributed by atoms with Gasteiger partial charge in [-0.15, -0.1) is 0 Å². The van der Waals surface area contributed by atoms with E-state index in [9.17, 15) is 15.0 Å². The third-order valence-corrected chi connectivity index (χ3v) is 5.14. The monoisotopic (exact) mass is 420 g/mol. The molecule has 30 heavy (non-hydrogen) atoms. The number of esters is 1. The zero-order valence-electron chi connectivity index (χ0n) is 18.1. The van der Waals surface area contributed by atoms with E-state index in [1.54, 1.807) is 20.8 Å². The van der Waals surface area contributed by atoms with E-state index in [-0.39, 0.29) is 18.4 Å². The predicted octanol–water partition coefficient (Wildman–Crippen LogP) is 2.62. The van der Waals surface area contributed by atoms with E-state index < -0.39 is 23.8 Å². The third kappa shape index (κ3) is 6.60. The average Bonchev–Trinajstić information content (AvgIpc) is 2.69. The molecule has 1 fully saturated rings. The lowest BCUT2D eigenvalue weighted by Gasteiger charge is -2.45. The minimum absolute atomic E-state index is 0.128. The second-order valence-electron chi connectivity index (χ2n) is 8.54. The Balaban J connectivity index is 1.93. The molecule has 1 aliphatic carbocycles. The highest BCUT2D eigenvalue weighted by Crippen LogP contribution is 2.42. The first-order chi connectivity index (χ1) is 14.1. The predicted molar refractivity (Wildman–Crippen MR) is 113 cm³/mol. The Kier molecular flexibility index (Phi) is 8.49. The molecule has 2 atom stereocenters. The number of carbonyl (C=O) groups is 1. The van der Waals surface area contributed by atoms with Gasteiger partial charge in [-0.05, 0) is 44.0 Å². The number of rotatable bonds is 10. The molecule has 0 aromatic heterocycles. The highest BCUT2D eigenvalue weighted by Gasteiger charge is 2.46. The molecule has 2 rings (SSSR count). The molecule has 2 N–H and O–H groups in total. The number of nitrogens with zero attached hydrogens (tertiary/aromatic N) is 4. The zero-order valence-corrected chi connectivity index (χ0v) is 18.1. The van der Waals surface area contributed by atoms with Gasteiger partial charge >= 0.3 is 5.97 Å². The lowest BCUT2D eigenvalue weighted by molar-refractivity contribution is -0.160. The normalized spacial score (nSPS) is 23.3. The molecular formula is C21H32N4O5. The first-order valence-corrected chi connectivity index (χ1v) is 10.2. The standard InChI is InChI=1S/C21H32N4O5/c1-14-19(27)18(20(14)28)15-5-7-16(8-6-15)25(10-9-23-24-22)11-12-29-13-17(26)30-21(2,3)4/h5-8,14,18-20,27-28H,9-13H2,1-4H3. The van der Waals surface area contributed by atoms with Gasteiger partial charge in [0.1, 0.15) is 12.2 Å². The van der Waals surface area contributed by atoms with Crippen LogP contribution in [0.3, 0.4) is 0 Å². The Hall–Kier alpha value is -2.32. The number of anilines is 1. The van der Waals surface area contributed by atoms with Crippen molar-refractivity contribution in [2.75, 3.05) is 37.7 Å². The van der Waals surface area contributed by atoms with Gasteiger partial charge in [0.25, 0.3) is 0 Å². The summed E-state index contributed by atoms with van der Waals surface area (Å²) in [5.41, 5.74) is 9.76. The largest absolute Gasteiger partial charge is 0.458 e. The molecule has 0 aliphatic heterocycles. The van der Waals surface area contributed by atoms with E-state index in [0.29, 0.717) is 26.2 Å². The Morgan fingerprint density at radius 2 is 1.83 bits per heavy atom. The van der Waals surface area contributed by atoms with Gasteiger partial charge in [0.05, 0.1) is 18.8 Å². The third-order valence-electron chi connectivity index (χ3n) is 5.14. The minimum atomic E-state index is -0.553. The molecule has 9 heteroatoms. The summed E-state index contributed by atoms with van der Waals surface area (Å²) in [6, 6.07) is 7.59. The van der Waals surface area contributed by atoms with E-state index in [2.05, 4.69) is 10.0 Å². The van der Waals surface area contributed by atoms with Crippen LogP contribution < -0.4 is 4.90 Å². The van der Waals surface area contributed by atoms with Crippen molar-refractivity contribution in [2.24, 2.45) is 11.0 Å². The van der Waals surface area contributed by atoms with Gasteiger partial charge in [0, 0.05) is 42.1 Å². The van der Waals surface area contributed by atoms with Gasteiger partial charge in [-0.3, -0.25) is 0 Å². The van der Waals surface area contributed by atoms with Crippen LogP contribution in [0.5, 0.6) is 0 Å². The molecule has 0 bridgehead atoms. The molecular weight excluding hydrogens is 388 g/mol. The summed E-state index contributed by atoms with van der Waals surface area (Å²) in [5, 5.41) is 23.8. The van der Waals surface area contributed by atoms with Gasteiger partial charge in [-0.1, -0.05) is 24.2 Å². The van der Waals surface area contributed by atoms with Crippen LogP contribution in [0.25, 0.3) is 10.4 Å². The number of hydrogen-bond acceptors (Lipinski definition) is 7. The zero-order chi connectivity index (χ0) is 22.3. The molecule has 9 nitrogen and oxygen atoms in total. The van der Waals surface area contributed by atoms with Crippen molar-refractivity contribution in [1.29, 1.82) is 0 Å². The topological polar surface area (TPSA) is 128 Å². The van der Waals surface area contributed by atoms with E-state index >= 15 is 0 Å². The van der Waals surface area contributed by atoms with E-state index in [4.69, 9.17) is 15.0 Å². The molecule has 2 unspecified atom stereocenters. The summed E-state index contributed by atoms with van der Waals surface area (Å²) in [5.74, 6) is -0.820. The lowest BCUT2D eigenvalue weighted by atomic mass is 9.67. The number of ether oxygens (including phenoxy) is 2. The van der Waals surface area contributed by atoms with Crippen LogP contribution in [0.15, 0.2) is 29.4 Å². The fourth-order valence-electron chi connectivity index (χ4n) is 3.50. The number of aliphatic hydroxyl groups excluding tert-OH is 2. The molecule has 0 saturated heterocycles. The van der Waals surface area contributed by atoms with Gasteiger partial charge in [-0.25, -0.2) is 4.79 Å². The first kappa shape index (κ1) is 24.0. The number of carbonyl (C=O) groups excluding carboxylic acids is 1. The van der Waals surface area contributed by atoms with Crippen LogP contribution >= 0.6 is 0 Å². The number of benzene rings is 1. The lowest BCUT2D eigenvalue weighted by Crippen LogP contribution is -2.51. The number of aliphatic hydroxyl groups is 2. The highest BCUT2D eigenvalue weighted by molar-refractivity contribution is 5.71. The first-order valence-electron chi connectivity index (χ1n) is 10.2. The molecule has 166 valence electrons. The van der Waals surface area contributed by atoms with Crippen LogP contribution in [0.1, 0.15) is 39.2 Å². The summed E-state index contributed by atoms with van der Waals surface area (Å²) in [6.07, 6.45) is -1.10.